The van der Waals surface area contributed by atoms with Gasteiger partial charge in [0, 0.05) is 59.4 Å². The number of carboxylic acid groups (broad SMARTS) is 1. The fourth-order valence-corrected chi connectivity index (χ4v) is 7.47. The molecule has 44 heavy (non-hydrogen) atoms. The third-order valence-electron chi connectivity index (χ3n) is 9.76. The van der Waals surface area contributed by atoms with Crippen LogP contribution in [0.3, 0.4) is 0 Å². The number of ketones is 1. The average Bonchev–Trinajstić information content (AvgIpc) is 3.75. The molecule has 4 atom stereocenters. The number of carbonyl (C=O) groups excluding carboxylic acids is 2. The quantitative estimate of drug-likeness (QED) is 0.183. The van der Waals surface area contributed by atoms with E-state index in [1.54, 1.807) is 6.07 Å². The first kappa shape index (κ1) is 29.7. The Morgan fingerprint density at radius 3 is 2.34 bits per heavy atom. The Labute approximate surface area is 258 Å². The van der Waals surface area contributed by atoms with Crippen molar-refractivity contribution in [1.29, 1.82) is 0 Å². The summed E-state index contributed by atoms with van der Waals surface area (Å²) in [4.78, 5) is 41.2. The lowest BCUT2D eigenvalue weighted by molar-refractivity contribution is -0.144. The zero-order chi connectivity index (χ0) is 31.1. The first-order chi connectivity index (χ1) is 21.2. The molecule has 2 unspecified atom stereocenters. The van der Waals surface area contributed by atoms with Crippen molar-refractivity contribution in [1.82, 2.24) is 5.32 Å². The third kappa shape index (κ3) is 5.18. The summed E-state index contributed by atoms with van der Waals surface area (Å²) in [5.74, 6) is -0.686. The fraction of sp³-hybridized carbons (Fsp3) is 0.378. The number of nitrogens with one attached hydrogen (secondary N) is 1. The molecule has 1 amide bonds. The second kappa shape index (κ2) is 11.9. The Bertz CT molecular complexity index is 1730. The Morgan fingerprint density at radius 2 is 1.66 bits per heavy atom. The van der Waals surface area contributed by atoms with Gasteiger partial charge in [0.15, 0.2) is 5.78 Å². The van der Waals surface area contributed by atoms with Crippen molar-refractivity contribution in [3.8, 4) is 22.5 Å². The average molecular weight is 593 g/mol. The van der Waals surface area contributed by atoms with E-state index in [1.165, 1.54) is 0 Å². The van der Waals surface area contributed by atoms with Gasteiger partial charge in [-0.05, 0) is 75.6 Å². The van der Waals surface area contributed by atoms with E-state index in [0.29, 0.717) is 28.9 Å². The van der Waals surface area contributed by atoms with Crippen LogP contribution in [0.2, 0.25) is 0 Å². The van der Waals surface area contributed by atoms with Crippen LogP contribution >= 0.6 is 0 Å². The summed E-state index contributed by atoms with van der Waals surface area (Å²) in [7, 11) is 0. The van der Waals surface area contributed by atoms with Crippen molar-refractivity contribution >= 4 is 34.3 Å². The molecular weight excluding hydrogens is 552 g/mol. The molecule has 2 bridgehead atoms. The number of rotatable bonds is 10. The van der Waals surface area contributed by atoms with E-state index in [9.17, 15) is 19.5 Å². The van der Waals surface area contributed by atoms with Gasteiger partial charge in [-0.25, -0.2) is 0 Å². The van der Waals surface area contributed by atoms with Crippen LogP contribution in [0.25, 0.3) is 33.4 Å². The standard InChI is InChI=1S/C37H40N2O5/c1-5-30(40)33-28-19-27(29(39(6-2)7-3)20-31(28)44-35(33)22-13-11-21(4)12-14-22)23-9-8-10-26(17-23)36(41)38-34-25-16-15-24(18-25)32(34)37(42)43/h8-14,17,19-20,24-25,32,34H,5-7,15-16,18H2,1-4H3,(H,38,41)(H,42,43)/t24?,25?,32-,34+/m1/s1. The topological polar surface area (TPSA) is 99.9 Å². The number of carboxylic acids is 1. The molecule has 6 rings (SSSR count). The maximum atomic E-state index is 13.6. The lowest BCUT2D eigenvalue weighted by Crippen LogP contribution is -2.46. The van der Waals surface area contributed by atoms with Crippen molar-refractivity contribution in [2.45, 2.75) is 59.4 Å². The number of nitrogens with zero attached hydrogens (tertiary/aromatic N) is 1. The number of Topliss-reactive ketones (excluding diaryl/α,β-unsaturated/α-hetero) is 1. The van der Waals surface area contributed by atoms with E-state index in [2.05, 4.69) is 24.1 Å². The highest BCUT2D eigenvalue weighted by atomic mass is 16.4. The molecule has 1 heterocycles. The number of hydrogen-bond acceptors (Lipinski definition) is 5. The summed E-state index contributed by atoms with van der Waals surface area (Å²) in [6, 6.07) is 19.2. The van der Waals surface area contributed by atoms with Crippen LogP contribution in [0, 0.1) is 24.7 Å². The summed E-state index contributed by atoms with van der Waals surface area (Å²) >= 11 is 0. The number of carbonyl (C=O) groups is 3. The molecule has 0 spiro atoms. The van der Waals surface area contributed by atoms with Gasteiger partial charge in [0.2, 0.25) is 0 Å². The molecule has 2 fully saturated rings. The lowest BCUT2D eigenvalue weighted by atomic mass is 9.84. The molecule has 0 radical (unpaired) electrons. The Balaban J connectivity index is 1.45. The molecule has 7 nitrogen and oxygen atoms in total. The highest BCUT2D eigenvalue weighted by Crippen LogP contribution is 2.49. The molecule has 0 aliphatic heterocycles. The molecule has 2 aliphatic carbocycles. The second-order valence-electron chi connectivity index (χ2n) is 12.3. The first-order valence-electron chi connectivity index (χ1n) is 15.8. The van der Waals surface area contributed by atoms with Crippen LogP contribution in [-0.4, -0.2) is 41.9 Å². The van der Waals surface area contributed by atoms with Gasteiger partial charge in [-0.3, -0.25) is 14.4 Å². The van der Waals surface area contributed by atoms with Gasteiger partial charge in [-0.2, -0.15) is 0 Å². The predicted molar refractivity (Wildman–Crippen MR) is 173 cm³/mol. The van der Waals surface area contributed by atoms with Crippen molar-refractivity contribution in [3.63, 3.8) is 0 Å². The summed E-state index contributed by atoms with van der Waals surface area (Å²) in [5.41, 5.74) is 6.39. The van der Waals surface area contributed by atoms with Crippen molar-refractivity contribution < 1.29 is 23.9 Å². The number of amides is 1. The smallest absolute Gasteiger partial charge is 0.308 e. The van der Waals surface area contributed by atoms with Crippen LogP contribution in [0.4, 0.5) is 5.69 Å². The van der Waals surface area contributed by atoms with Gasteiger partial charge in [0.25, 0.3) is 5.91 Å². The summed E-state index contributed by atoms with van der Waals surface area (Å²) in [5, 5.41) is 13.7. The van der Waals surface area contributed by atoms with E-state index in [4.69, 9.17) is 4.42 Å². The van der Waals surface area contributed by atoms with Crippen molar-refractivity contribution in [3.05, 3.63) is 77.4 Å². The summed E-state index contributed by atoms with van der Waals surface area (Å²) < 4.78 is 6.45. The largest absolute Gasteiger partial charge is 0.481 e. The predicted octanol–water partition coefficient (Wildman–Crippen LogP) is 7.74. The minimum Gasteiger partial charge on any atom is -0.481 e. The van der Waals surface area contributed by atoms with E-state index < -0.39 is 11.9 Å². The van der Waals surface area contributed by atoms with Crippen LogP contribution in [0.15, 0.2) is 65.1 Å². The molecule has 1 aromatic heterocycles. The molecule has 0 saturated heterocycles. The third-order valence-corrected chi connectivity index (χ3v) is 9.76. The number of anilines is 1. The van der Waals surface area contributed by atoms with Crippen molar-refractivity contribution in [2.24, 2.45) is 17.8 Å². The molecule has 2 saturated carbocycles. The summed E-state index contributed by atoms with van der Waals surface area (Å²) in [6.45, 7) is 9.62. The number of aliphatic carboxylic acids is 1. The van der Waals surface area contributed by atoms with Crippen molar-refractivity contribution in [2.75, 3.05) is 18.0 Å². The highest BCUT2D eigenvalue weighted by Gasteiger charge is 2.51. The van der Waals surface area contributed by atoms with Gasteiger partial charge in [-0.1, -0.05) is 48.9 Å². The van der Waals surface area contributed by atoms with Crippen LogP contribution < -0.4 is 10.2 Å². The molecule has 2 aliphatic rings. The minimum absolute atomic E-state index is 0.00726. The SMILES string of the molecule is CCC(=O)c1c(-c2ccc(C)cc2)oc2cc(N(CC)CC)c(-c3cccc(C(=O)N[C@H]4C5CCC(C5)[C@H]4C(=O)O)c3)cc12. The Kier molecular flexibility index (Phi) is 8.06. The maximum absolute atomic E-state index is 13.6. The van der Waals surface area contributed by atoms with Gasteiger partial charge in [0.05, 0.1) is 11.5 Å². The maximum Gasteiger partial charge on any atom is 0.308 e. The monoisotopic (exact) mass is 592 g/mol. The number of furan rings is 1. The lowest BCUT2D eigenvalue weighted by Gasteiger charge is -2.29. The molecular formula is C37H40N2O5. The molecule has 3 aromatic carbocycles. The van der Waals surface area contributed by atoms with E-state index in [-0.39, 0.29) is 29.6 Å². The van der Waals surface area contributed by atoms with E-state index >= 15 is 0 Å². The molecule has 228 valence electrons. The van der Waals surface area contributed by atoms with Gasteiger partial charge in [-0.15, -0.1) is 0 Å². The number of hydrogen-bond donors (Lipinski definition) is 2. The normalized spacial score (nSPS) is 20.6. The van der Waals surface area contributed by atoms with Gasteiger partial charge >= 0.3 is 5.97 Å². The number of fused-ring (bicyclic) bond motifs is 3. The van der Waals surface area contributed by atoms with Crippen LogP contribution in [0.5, 0.6) is 0 Å². The minimum atomic E-state index is -0.823. The summed E-state index contributed by atoms with van der Waals surface area (Å²) in [6.07, 6.45) is 3.09. The first-order valence-corrected chi connectivity index (χ1v) is 15.8. The van der Waals surface area contributed by atoms with Gasteiger partial charge < -0.3 is 19.7 Å². The molecule has 2 N–H and O–H groups in total. The number of benzene rings is 3. The number of aryl methyl sites for hydroxylation is 1. The van der Waals surface area contributed by atoms with Crippen LogP contribution in [0.1, 0.15) is 72.7 Å². The van der Waals surface area contributed by atoms with Crippen LogP contribution in [-0.2, 0) is 4.79 Å². The molecule has 4 aromatic rings. The van der Waals surface area contributed by atoms with Gasteiger partial charge in [0.1, 0.15) is 11.3 Å². The Morgan fingerprint density at radius 1 is 0.932 bits per heavy atom. The fourth-order valence-electron chi connectivity index (χ4n) is 7.47. The highest BCUT2D eigenvalue weighted by molar-refractivity contribution is 6.13. The Hall–Kier alpha value is -4.39. The van der Waals surface area contributed by atoms with E-state index in [1.807, 2.05) is 68.4 Å². The zero-order valence-corrected chi connectivity index (χ0v) is 25.9. The molecule has 7 heteroatoms. The zero-order valence-electron chi connectivity index (χ0n) is 25.9. The second-order valence-corrected chi connectivity index (χ2v) is 12.3. The van der Waals surface area contributed by atoms with E-state index in [0.717, 1.165) is 65.7 Å².